The van der Waals surface area contributed by atoms with Crippen molar-refractivity contribution in [3.8, 4) is 5.75 Å². The second-order valence-corrected chi connectivity index (χ2v) is 5.54. The molecule has 0 heterocycles. The summed E-state index contributed by atoms with van der Waals surface area (Å²) in [6, 6.07) is 12.3. The van der Waals surface area contributed by atoms with Crippen LogP contribution in [0, 0.1) is 5.82 Å². The van der Waals surface area contributed by atoms with E-state index < -0.39 is 0 Å². The van der Waals surface area contributed by atoms with Gasteiger partial charge in [-0.2, -0.15) is 0 Å². The average molecular weight is 344 g/mol. The predicted octanol–water partition coefficient (Wildman–Crippen LogP) is 5.12. The van der Waals surface area contributed by atoms with Gasteiger partial charge in [0.05, 0.1) is 17.0 Å². The van der Waals surface area contributed by atoms with Crippen LogP contribution < -0.4 is 4.74 Å². The molecule has 0 fully saturated rings. The van der Waals surface area contributed by atoms with E-state index >= 15 is 0 Å². The Morgan fingerprint density at radius 3 is 2.63 bits per heavy atom. The smallest absolute Gasteiger partial charge is 0.133 e. The minimum Gasteiger partial charge on any atom is -0.496 e. The van der Waals surface area contributed by atoms with Gasteiger partial charge in [0.15, 0.2) is 0 Å². The lowest BCUT2D eigenvalue weighted by molar-refractivity contribution is 0.412. The maximum atomic E-state index is 13.6. The number of alkyl halides is 1. The second kappa shape index (κ2) is 6.40. The first-order chi connectivity index (χ1) is 9.11. The maximum Gasteiger partial charge on any atom is 0.133 e. The highest BCUT2D eigenvalue weighted by Crippen LogP contribution is 2.32. The van der Waals surface area contributed by atoms with Crippen molar-refractivity contribution in [3.05, 3.63) is 63.9 Å². The Morgan fingerprint density at radius 2 is 2.00 bits per heavy atom. The third kappa shape index (κ3) is 3.48. The predicted molar refractivity (Wildman–Crippen MR) is 79.4 cm³/mol. The third-order valence-corrected chi connectivity index (χ3v) is 3.92. The van der Waals surface area contributed by atoms with E-state index in [0.717, 1.165) is 15.8 Å². The van der Waals surface area contributed by atoms with Gasteiger partial charge in [0.2, 0.25) is 0 Å². The molecule has 1 nitrogen and oxygen atoms in total. The lowest BCUT2D eigenvalue weighted by Crippen LogP contribution is -1.99. The van der Waals surface area contributed by atoms with Crippen LogP contribution in [-0.2, 0) is 6.42 Å². The molecule has 4 heteroatoms. The van der Waals surface area contributed by atoms with Crippen LogP contribution in [0.1, 0.15) is 16.5 Å². The first kappa shape index (κ1) is 14.4. The summed E-state index contributed by atoms with van der Waals surface area (Å²) >= 11 is 9.77. The van der Waals surface area contributed by atoms with E-state index in [-0.39, 0.29) is 11.2 Å². The first-order valence-corrected chi connectivity index (χ1v) is 7.05. The van der Waals surface area contributed by atoms with Crippen molar-refractivity contribution < 1.29 is 9.13 Å². The van der Waals surface area contributed by atoms with Gasteiger partial charge >= 0.3 is 0 Å². The highest BCUT2D eigenvalue weighted by molar-refractivity contribution is 9.10. The zero-order chi connectivity index (χ0) is 13.8. The summed E-state index contributed by atoms with van der Waals surface area (Å²) < 4.78 is 19.6. The van der Waals surface area contributed by atoms with Crippen molar-refractivity contribution in [2.45, 2.75) is 11.8 Å². The largest absolute Gasteiger partial charge is 0.496 e. The molecule has 1 atom stereocenters. The van der Waals surface area contributed by atoms with Gasteiger partial charge in [0.1, 0.15) is 11.6 Å². The first-order valence-electron chi connectivity index (χ1n) is 5.82. The van der Waals surface area contributed by atoms with Gasteiger partial charge in [-0.25, -0.2) is 4.39 Å². The van der Waals surface area contributed by atoms with Crippen LogP contribution in [0.25, 0.3) is 0 Å². The van der Waals surface area contributed by atoms with Crippen LogP contribution in [0.4, 0.5) is 4.39 Å². The lowest BCUT2D eigenvalue weighted by atomic mass is 10.0. The van der Waals surface area contributed by atoms with Gasteiger partial charge in [-0.1, -0.05) is 24.3 Å². The number of halogens is 3. The molecule has 2 rings (SSSR count). The number of hydrogen-bond donors (Lipinski definition) is 0. The standard InChI is InChI=1S/C15H13BrClFO/c1-19-15-7-6-10(8-12(15)16)13(17)9-11-4-2-3-5-14(11)18/h2-8,13H,9H2,1H3. The molecule has 0 radical (unpaired) electrons. The summed E-state index contributed by atoms with van der Waals surface area (Å²) in [5, 5.41) is -0.279. The fraction of sp³-hybridized carbons (Fsp3) is 0.200. The Balaban J connectivity index is 2.18. The molecule has 0 saturated carbocycles. The summed E-state index contributed by atoms with van der Waals surface area (Å²) in [5.74, 6) is 0.527. The number of rotatable bonds is 4. The summed E-state index contributed by atoms with van der Waals surface area (Å²) in [5.41, 5.74) is 1.55. The molecule has 0 aliphatic rings. The number of hydrogen-bond acceptors (Lipinski definition) is 1. The molecule has 0 spiro atoms. The van der Waals surface area contributed by atoms with Gasteiger partial charge in [-0.3, -0.25) is 0 Å². The molecule has 0 amide bonds. The SMILES string of the molecule is COc1ccc(C(Cl)Cc2ccccc2F)cc1Br. The molecule has 100 valence electrons. The number of ether oxygens (including phenoxy) is 1. The fourth-order valence-corrected chi connectivity index (χ4v) is 2.71. The molecule has 0 saturated heterocycles. The number of methoxy groups -OCH3 is 1. The van der Waals surface area contributed by atoms with E-state index in [1.807, 2.05) is 24.3 Å². The van der Waals surface area contributed by atoms with Gasteiger partial charge < -0.3 is 4.74 Å². The second-order valence-electron chi connectivity index (χ2n) is 4.16. The Hall–Kier alpha value is -1.06. The van der Waals surface area contributed by atoms with Crippen molar-refractivity contribution >= 4 is 27.5 Å². The van der Waals surface area contributed by atoms with Crippen molar-refractivity contribution in [2.24, 2.45) is 0 Å². The molecule has 2 aromatic carbocycles. The van der Waals surface area contributed by atoms with Crippen molar-refractivity contribution in [1.29, 1.82) is 0 Å². The topological polar surface area (TPSA) is 9.23 Å². The quantitative estimate of drug-likeness (QED) is 0.700. The minimum atomic E-state index is -0.279. The van der Waals surface area contributed by atoms with Crippen LogP contribution in [-0.4, -0.2) is 7.11 Å². The third-order valence-electron chi connectivity index (χ3n) is 2.89. The van der Waals surface area contributed by atoms with Gasteiger partial charge in [-0.15, -0.1) is 11.6 Å². The van der Waals surface area contributed by atoms with Crippen molar-refractivity contribution in [3.63, 3.8) is 0 Å². The minimum absolute atomic E-state index is 0.222. The van der Waals surface area contributed by atoms with E-state index in [9.17, 15) is 4.39 Å². The van der Waals surface area contributed by atoms with Crippen LogP contribution in [0.2, 0.25) is 0 Å². The van der Waals surface area contributed by atoms with E-state index in [2.05, 4.69) is 15.9 Å². The monoisotopic (exact) mass is 342 g/mol. The zero-order valence-electron chi connectivity index (χ0n) is 10.4. The molecule has 0 aromatic heterocycles. The molecular formula is C15H13BrClFO. The molecule has 1 unspecified atom stereocenters. The average Bonchev–Trinajstić information content (AvgIpc) is 2.41. The van der Waals surface area contributed by atoms with E-state index in [4.69, 9.17) is 16.3 Å². The highest BCUT2D eigenvalue weighted by Gasteiger charge is 2.13. The zero-order valence-corrected chi connectivity index (χ0v) is 12.7. The molecule has 0 bridgehead atoms. The lowest BCUT2D eigenvalue weighted by Gasteiger charge is -2.12. The van der Waals surface area contributed by atoms with Crippen molar-refractivity contribution in [2.75, 3.05) is 7.11 Å². The molecule has 0 aliphatic heterocycles. The Bertz CT molecular complexity index is 574. The Morgan fingerprint density at radius 1 is 1.26 bits per heavy atom. The van der Waals surface area contributed by atoms with Crippen LogP contribution in [0.15, 0.2) is 46.9 Å². The fourth-order valence-electron chi connectivity index (χ4n) is 1.85. The number of benzene rings is 2. The van der Waals surface area contributed by atoms with Crippen LogP contribution >= 0.6 is 27.5 Å². The van der Waals surface area contributed by atoms with E-state index in [0.29, 0.717) is 12.0 Å². The van der Waals surface area contributed by atoms with E-state index in [1.54, 1.807) is 19.2 Å². The summed E-state index contributed by atoms with van der Waals surface area (Å²) in [7, 11) is 1.61. The van der Waals surface area contributed by atoms with Crippen molar-refractivity contribution in [1.82, 2.24) is 0 Å². The molecule has 19 heavy (non-hydrogen) atoms. The van der Waals surface area contributed by atoms with Crippen LogP contribution in [0.3, 0.4) is 0 Å². The molecule has 0 aliphatic carbocycles. The summed E-state index contributed by atoms with van der Waals surface area (Å²) in [6.07, 6.45) is 0.451. The molecule has 2 aromatic rings. The van der Waals surface area contributed by atoms with Crippen LogP contribution in [0.5, 0.6) is 5.75 Å². The highest BCUT2D eigenvalue weighted by atomic mass is 79.9. The molecule has 0 N–H and O–H groups in total. The Kier molecular flexibility index (Phi) is 4.83. The maximum absolute atomic E-state index is 13.6. The Labute approximate surface area is 125 Å². The normalized spacial score (nSPS) is 12.2. The van der Waals surface area contributed by atoms with Gasteiger partial charge in [0, 0.05) is 0 Å². The summed E-state index contributed by atoms with van der Waals surface area (Å²) in [4.78, 5) is 0. The van der Waals surface area contributed by atoms with Gasteiger partial charge in [-0.05, 0) is 51.7 Å². The molecular weight excluding hydrogens is 331 g/mol. The summed E-state index contributed by atoms with van der Waals surface area (Å²) in [6.45, 7) is 0. The van der Waals surface area contributed by atoms with E-state index in [1.165, 1.54) is 6.07 Å². The van der Waals surface area contributed by atoms with Gasteiger partial charge in [0.25, 0.3) is 0 Å².